The number of thiazole rings is 1. The molecule has 0 fully saturated rings. The average molecular weight is 468 g/mol. The lowest BCUT2D eigenvalue weighted by Gasteiger charge is -2.05. The standard InChI is InChI=1S/C23H21N3O4S2/c1-5-30-22(27)18-14(3)19(23(28)29-4)32-21(18)25-11-16(10-24)20-26-17(12-31-20)15-8-6-13(2)7-9-15/h6-9,11-12,25H,5H2,1-4H3. The van der Waals surface area contributed by atoms with Gasteiger partial charge in [-0.3, -0.25) is 0 Å². The first-order valence-corrected chi connectivity index (χ1v) is 11.4. The SMILES string of the molecule is CCOC(=O)c1c(NC=C(C#N)c2nc(-c3ccc(C)cc3)cs2)sc(C(=O)OC)c1C. The second-order valence-corrected chi connectivity index (χ2v) is 8.57. The van der Waals surface area contributed by atoms with E-state index in [2.05, 4.69) is 16.4 Å². The molecule has 2 aromatic heterocycles. The number of esters is 2. The third-order valence-electron chi connectivity index (χ3n) is 4.55. The van der Waals surface area contributed by atoms with Crippen LogP contribution in [0.2, 0.25) is 0 Å². The van der Waals surface area contributed by atoms with Gasteiger partial charge in [0.15, 0.2) is 0 Å². The van der Waals surface area contributed by atoms with E-state index in [0.717, 1.165) is 28.2 Å². The van der Waals surface area contributed by atoms with Crippen LogP contribution in [0, 0.1) is 25.2 Å². The number of carbonyl (C=O) groups excluding carboxylic acids is 2. The fourth-order valence-electron chi connectivity index (χ4n) is 2.89. The molecule has 0 bridgehead atoms. The van der Waals surface area contributed by atoms with Crippen LogP contribution in [-0.4, -0.2) is 30.6 Å². The molecule has 0 saturated heterocycles. The highest BCUT2D eigenvalue weighted by Gasteiger charge is 2.26. The largest absolute Gasteiger partial charge is 0.465 e. The number of benzene rings is 1. The summed E-state index contributed by atoms with van der Waals surface area (Å²) in [5.74, 6) is -1.10. The lowest BCUT2D eigenvalue weighted by Crippen LogP contribution is -2.08. The van der Waals surface area contributed by atoms with Crippen LogP contribution in [-0.2, 0) is 9.47 Å². The van der Waals surface area contributed by atoms with Crippen LogP contribution in [0.3, 0.4) is 0 Å². The molecule has 9 heteroatoms. The monoisotopic (exact) mass is 467 g/mol. The number of nitrogens with zero attached hydrogens (tertiary/aromatic N) is 2. The van der Waals surface area contributed by atoms with Gasteiger partial charge in [0.05, 0.1) is 25.0 Å². The number of nitrogens with one attached hydrogen (secondary N) is 1. The first-order valence-electron chi connectivity index (χ1n) is 9.68. The Hall–Kier alpha value is -3.48. The number of anilines is 1. The van der Waals surface area contributed by atoms with Gasteiger partial charge >= 0.3 is 11.9 Å². The Morgan fingerprint density at radius 1 is 1.22 bits per heavy atom. The molecule has 3 rings (SSSR count). The molecular weight excluding hydrogens is 446 g/mol. The number of carbonyl (C=O) groups is 2. The number of rotatable bonds is 7. The summed E-state index contributed by atoms with van der Waals surface area (Å²) in [7, 11) is 1.28. The molecule has 1 N–H and O–H groups in total. The molecule has 0 radical (unpaired) electrons. The van der Waals surface area contributed by atoms with Crippen molar-refractivity contribution in [3.05, 3.63) is 62.4 Å². The molecular formula is C23H21N3O4S2. The maximum Gasteiger partial charge on any atom is 0.348 e. The third-order valence-corrected chi connectivity index (χ3v) is 6.63. The molecule has 2 heterocycles. The zero-order valence-electron chi connectivity index (χ0n) is 18.0. The van der Waals surface area contributed by atoms with Crippen molar-refractivity contribution in [3.8, 4) is 17.3 Å². The fourth-order valence-corrected chi connectivity index (χ4v) is 4.76. The number of hydrogen-bond acceptors (Lipinski definition) is 9. The molecule has 0 spiro atoms. The van der Waals surface area contributed by atoms with Crippen molar-refractivity contribution < 1.29 is 19.1 Å². The van der Waals surface area contributed by atoms with E-state index < -0.39 is 11.9 Å². The summed E-state index contributed by atoms with van der Waals surface area (Å²) in [4.78, 5) is 29.4. The Kier molecular flexibility index (Phi) is 7.41. The van der Waals surface area contributed by atoms with Crippen molar-refractivity contribution in [2.75, 3.05) is 19.0 Å². The minimum absolute atomic E-state index is 0.196. The molecule has 3 aromatic rings. The Labute approximate surface area is 193 Å². The van der Waals surface area contributed by atoms with Gasteiger partial charge in [-0.25, -0.2) is 14.6 Å². The highest BCUT2D eigenvalue weighted by Crippen LogP contribution is 2.35. The highest BCUT2D eigenvalue weighted by atomic mass is 32.1. The molecule has 0 unspecified atom stereocenters. The predicted molar refractivity (Wildman–Crippen MR) is 126 cm³/mol. The molecule has 0 aliphatic rings. The van der Waals surface area contributed by atoms with Gasteiger partial charge < -0.3 is 14.8 Å². The van der Waals surface area contributed by atoms with Crippen LogP contribution < -0.4 is 5.32 Å². The minimum atomic E-state index is -0.554. The van der Waals surface area contributed by atoms with Crippen molar-refractivity contribution in [1.82, 2.24) is 4.98 Å². The molecule has 0 saturated carbocycles. The molecule has 0 atom stereocenters. The smallest absolute Gasteiger partial charge is 0.348 e. The summed E-state index contributed by atoms with van der Waals surface area (Å²) in [5.41, 5.74) is 3.90. The molecule has 0 aliphatic carbocycles. The van der Waals surface area contributed by atoms with Crippen molar-refractivity contribution in [2.45, 2.75) is 20.8 Å². The van der Waals surface area contributed by atoms with Crippen molar-refractivity contribution in [2.24, 2.45) is 0 Å². The van der Waals surface area contributed by atoms with E-state index in [1.165, 1.54) is 24.6 Å². The van der Waals surface area contributed by atoms with Gasteiger partial charge in [-0.15, -0.1) is 22.7 Å². The van der Waals surface area contributed by atoms with Gasteiger partial charge in [0.25, 0.3) is 0 Å². The predicted octanol–water partition coefficient (Wildman–Crippen LogP) is 5.43. The number of thiophene rings is 1. The fraction of sp³-hybridized carbons (Fsp3) is 0.217. The van der Waals surface area contributed by atoms with Gasteiger partial charge in [-0.05, 0) is 26.3 Å². The van der Waals surface area contributed by atoms with Crippen LogP contribution in [0.1, 0.15) is 43.1 Å². The van der Waals surface area contributed by atoms with E-state index in [1.54, 1.807) is 13.8 Å². The summed E-state index contributed by atoms with van der Waals surface area (Å²) < 4.78 is 9.94. The van der Waals surface area contributed by atoms with Gasteiger partial charge in [0.1, 0.15) is 26.5 Å². The Morgan fingerprint density at radius 2 is 1.94 bits per heavy atom. The van der Waals surface area contributed by atoms with Gasteiger partial charge in [-0.1, -0.05) is 29.8 Å². The number of hydrogen-bond donors (Lipinski definition) is 1. The summed E-state index contributed by atoms with van der Waals surface area (Å²) >= 11 is 2.41. The van der Waals surface area contributed by atoms with E-state index in [-0.39, 0.29) is 12.2 Å². The van der Waals surface area contributed by atoms with Gasteiger partial charge in [-0.2, -0.15) is 5.26 Å². The summed E-state index contributed by atoms with van der Waals surface area (Å²) in [6, 6.07) is 10.1. The van der Waals surface area contributed by atoms with Crippen molar-refractivity contribution in [1.29, 1.82) is 5.26 Å². The number of aryl methyl sites for hydroxylation is 1. The van der Waals surface area contributed by atoms with Gasteiger partial charge in [0, 0.05) is 17.1 Å². The quantitative estimate of drug-likeness (QED) is 0.365. The third kappa shape index (κ3) is 4.88. The number of methoxy groups -OCH3 is 1. The Balaban J connectivity index is 1.93. The summed E-state index contributed by atoms with van der Waals surface area (Å²) in [6.07, 6.45) is 1.48. The first-order chi connectivity index (χ1) is 15.4. The topological polar surface area (TPSA) is 101 Å². The maximum atomic E-state index is 12.5. The highest BCUT2D eigenvalue weighted by molar-refractivity contribution is 7.18. The number of nitriles is 1. The van der Waals surface area contributed by atoms with Crippen molar-refractivity contribution >= 4 is 45.2 Å². The zero-order valence-corrected chi connectivity index (χ0v) is 19.6. The number of aromatic nitrogens is 1. The zero-order chi connectivity index (χ0) is 23.3. The van der Waals surface area contributed by atoms with Crippen LogP contribution in [0.4, 0.5) is 5.00 Å². The maximum absolute atomic E-state index is 12.5. The number of allylic oxidation sites excluding steroid dienone is 1. The summed E-state index contributed by atoms with van der Waals surface area (Å²) in [5, 5.41) is 15.5. The molecule has 32 heavy (non-hydrogen) atoms. The van der Waals surface area contributed by atoms with E-state index >= 15 is 0 Å². The molecule has 0 aliphatic heterocycles. The molecule has 164 valence electrons. The van der Waals surface area contributed by atoms with Crippen LogP contribution in [0.25, 0.3) is 16.8 Å². The average Bonchev–Trinajstić information content (AvgIpc) is 3.39. The van der Waals surface area contributed by atoms with Crippen LogP contribution in [0.5, 0.6) is 0 Å². The second-order valence-electron chi connectivity index (χ2n) is 6.69. The number of ether oxygens (including phenoxy) is 2. The van der Waals surface area contributed by atoms with Gasteiger partial charge in [0.2, 0.25) is 0 Å². The van der Waals surface area contributed by atoms with Crippen LogP contribution >= 0.6 is 22.7 Å². The molecule has 7 nitrogen and oxygen atoms in total. The molecule has 0 amide bonds. The summed E-state index contributed by atoms with van der Waals surface area (Å²) in [6.45, 7) is 5.57. The van der Waals surface area contributed by atoms with Crippen molar-refractivity contribution in [3.63, 3.8) is 0 Å². The van der Waals surface area contributed by atoms with E-state index in [4.69, 9.17) is 9.47 Å². The second kappa shape index (κ2) is 10.2. The van der Waals surface area contributed by atoms with Crippen LogP contribution in [0.15, 0.2) is 35.8 Å². The van der Waals surface area contributed by atoms with E-state index in [0.29, 0.717) is 26.0 Å². The Bertz CT molecular complexity index is 1220. The van der Waals surface area contributed by atoms with E-state index in [9.17, 15) is 14.9 Å². The normalized spacial score (nSPS) is 11.0. The lowest BCUT2D eigenvalue weighted by atomic mass is 10.1. The first kappa shape index (κ1) is 23.2. The van der Waals surface area contributed by atoms with E-state index in [1.807, 2.05) is 36.6 Å². The Morgan fingerprint density at radius 3 is 2.56 bits per heavy atom. The minimum Gasteiger partial charge on any atom is -0.465 e. The molecule has 1 aromatic carbocycles. The lowest BCUT2D eigenvalue weighted by molar-refractivity contribution is 0.0527.